The Morgan fingerprint density at radius 2 is 2.16 bits per heavy atom. The van der Waals surface area contributed by atoms with E-state index in [0.29, 0.717) is 5.56 Å². The Hall–Kier alpha value is -1.70. The van der Waals surface area contributed by atoms with E-state index in [1.807, 2.05) is 22.6 Å². The Morgan fingerprint density at radius 1 is 1.37 bits per heavy atom. The first-order valence-corrected chi connectivity index (χ1v) is 6.39. The lowest BCUT2D eigenvalue weighted by Gasteiger charge is -2.09. The highest BCUT2D eigenvalue weighted by Crippen LogP contribution is 2.22. The molecule has 0 atom stereocenters. The van der Waals surface area contributed by atoms with E-state index in [2.05, 4.69) is 4.98 Å². The van der Waals surface area contributed by atoms with Crippen LogP contribution in [0.1, 0.15) is 15.9 Å². The molecule has 0 aliphatic carbocycles. The van der Waals surface area contributed by atoms with E-state index >= 15 is 0 Å². The average Bonchev–Trinajstić information content (AvgIpc) is 2.37. The number of rotatable bonds is 4. The molecule has 19 heavy (non-hydrogen) atoms. The number of aromatic nitrogens is 1. The summed E-state index contributed by atoms with van der Waals surface area (Å²) in [7, 11) is 0. The number of pyridine rings is 1. The van der Waals surface area contributed by atoms with Crippen LogP contribution in [0.5, 0.6) is 5.75 Å². The predicted molar refractivity (Wildman–Crippen MR) is 74.6 cm³/mol. The third kappa shape index (κ3) is 3.63. The fourth-order valence-corrected chi connectivity index (χ4v) is 1.98. The third-order valence-electron chi connectivity index (χ3n) is 2.33. The van der Waals surface area contributed by atoms with Gasteiger partial charge in [0.15, 0.2) is 0 Å². The summed E-state index contributed by atoms with van der Waals surface area (Å²) in [5.41, 5.74) is 0.617. The molecule has 2 rings (SSSR count). The van der Waals surface area contributed by atoms with Gasteiger partial charge in [-0.05, 0) is 46.9 Å². The van der Waals surface area contributed by atoms with Crippen LogP contribution in [0.25, 0.3) is 0 Å². The highest BCUT2D eigenvalue weighted by molar-refractivity contribution is 14.1. The molecule has 0 amide bonds. The molecular weight excluding hydrogens is 364 g/mol. The summed E-state index contributed by atoms with van der Waals surface area (Å²) < 4.78 is 19.1. The topological polar surface area (TPSA) is 59.4 Å². The van der Waals surface area contributed by atoms with Crippen molar-refractivity contribution in [1.82, 2.24) is 4.98 Å². The summed E-state index contributed by atoms with van der Waals surface area (Å²) in [6, 6.07) is 6.13. The van der Waals surface area contributed by atoms with E-state index < -0.39 is 11.8 Å². The molecule has 0 saturated heterocycles. The summed E-state index contributed by atoms with van der Waals surface area (Å²) in [4.78, 5) is 14.8. The van der Waals surface area contributed by atoms with E-state index in [4.69, 9.17) is 9.84 Å². The van der Waals surface area contributed by atoms with Crippen molar-refractivity contribution in [2.75, 3.05) is 0 Å². The summed E-state index contributed by atoms with van der Waals surface area (Å²) in [6.07, 6.45) is 2.56. The summed E-state index contributed by atoms with van der Waals surface area (Å²) in [6.45, 7) is 0.0611. The number of nitrogens with zero attached hydrogens (tertiary/aromatic N) is 1. The second kappa shape index (κ2) is 5.96. The zero-order chi connectivity index (χ0) is 13.8. The summed E-state index contributed by atoms with van der Waals surface area (Å²) >= 11 is 2.02. The Balaban J connectivity index is 2.17. The Kier molecular flexibility index (Phi) is 4.31. The van der Waals surface area contributed by atoms with Gasteiger partial charge in [0, 0.05) is 15.3 Å². The van der Waals surface area contributed by atoms with Crippen molar-refractivity contribution in [2.24, 2.45) is 0 Å². The van der Waals surface area contributed by atoms with Gasteiger partial charge in [-0.3, -0.25) is 4.98 Å². The minimum Gasteiger partial charge on any atom is -0.488 e. The lowest BCUT2D eigenvalue weighted by Crippen LogP contribution is -2.04. The van der Waals surface area contributed by atoms with Crippen LogP contribution < -0.4 is 4.74 Å². The minimum absolute atomic E-state index is 0.0611. The molecule has 0 unspecified atom stereocenters. The maximum absolute atomic E-state index is 12.9. The van der Waals surface area contributed by atoms with Crippen LogP contribution in [-0.2, 0) is 6.61 Å². The van der Waals surface area contributed by atoms with Crippen molar-refractivity contribution in [1.29, 1.82) is 0 Å². The fraction of sp³-hybridized carbons (Fsp3) is 0.0769. The molecule has 1 aromatic heterocycles. The van der Waals surface area contributed by atoms with Crippen LogP contribution in [0.4, 0.5) is 4.39 Å². The van der Waals surface area contributed by atoms with Gasteiger partial charge in [0.25, 0.3) is 0 Å². The van der Waals surface area contributed by atoms with Crippen molar-refractivity contribution in [3.05, 3.63) is 57.2 Å². The van der Waals surface area contributed by atoms with Gasteiger partial charge in [0.1, 0.15) is 23.7 Å². The summed E-state index contributed by atoms with van der Waals surface area (Å²) in [5, 5.41) is 9.08. The number of carbonyl (C=O) groups is 1. The van der Waals surface area contributed by atoms with Gasteiger partial charge in [-0.15, -0.1) is 0 Å². The molecular formula is C13H9FINO3. The monoisotopic (exact) mass is 373 g/mol. The zero-order valence-electron chi connectivity index (χ0n) is 9.64. The number of ether oxygens (including phenoxy) is 1. The lowest BCUT2D eigenvalue weighted by molar-refractivity contribution is 0.0691. The molecule has 98 valence electrons. The predicted octanol–water partition coefficient (Wildman–Crippen LogP) is 3.10. The van der Waals surface area contributed by atoms with Crippen LogP contribution >= 0.6 is 22.6 Å². The molecule has 1 aromatic carbocycles. The molecule has 0 spiro atoms. The number of hydrogen-bond acceptors (Lipinski definition) is 3. The normalized spacial score (nSPS) is 10.2. The van der Waals surface area contributed by atoms with Gasteiger partial charge in [0.2, 0.25) is 0 Å². The van der Waals surface area contributed by atoms with Gasteiger partial charge in [-0.2, -0.15) is 0 Å². The number of benzene rings is 1. The average molecular weight is 373 g/mol. The first-order chi connectivity index (χ1) is 9.06. The van der Waals surface area contributed by atoms with E-state index in [0.717, 1.165) is 9.77 Å². The molecule has 0 aliphatic heterocycles. The van der Waals surface area contributed by atoms with E-state index in [-0.39, 0.29) is 17.9 Å². The highest BCUT2D eigenvalue weighted by atomic mass is 127. The van der Waals surface area contributed by atoms with Crippen LogP contribution in [0.2, 0.25) is 0 Å². The van der Waals surface area contributed by atoms with Gasteiger partial charge in [-0.25, -0.2) is 9.18 Å². The van der Waals surface area contributed by atoms with Crippen LogP contribution in [0, 0.1) is 9.39 Å². The Bertz CT molecular complexity index is 619. The molecule has 0 fully saturated rings. The number of carboxylic acids is 1. The minimum atomic E-state index is -1.06. The number of carboxylic acid groups (broad SMARTS) is 1. The van der Waals surface area contributed by atoms with Crippen LogP contribution in [0.15, 0.2) is 36.7 Å². The van der Waals surface area contributed by atoms with Crippen LogP contribution in [0.3, 0.4) is 0 Å². The summed E-state index contributed by atoms with van der Waals surface area (Å²) in [5.74, 6) is -1.27. The fourth-order valence-electron chi connectivity index (χ4n) is 1.49. The Morgan fingerprint density at radius 3 is 2.84 bits per heavy atom. The second-order valence-corrected chi connectivity index (χ2v) is 4.99. The van der Waals surface area contributed by atoms with Gasteiger partial charge >= 0.3 is 5.97 Å². The van der Waals surface area contributed by atoms with Crippen molar-refractivity contribution in [3.63, 3.8) is 0 Å². The largest absolute Gasteiger partial charge is 0.488 e. The number of aromatic carboxylic acids is 1. The first kappa shape index (κ1) is 13.7. The Labute approximate surface area is 122 Å². The molecule has 2 aromatic rings. The maximum Gasteiger partial charge on any atom is 0.339 e. The van der Waals surface area contributed by atoms with Gasteiger partial charge in [-0.1, -0.05) is 0 Å². The lowest BCUT2D eigenvalue weighted by atomic mass is 10.2. The van der Waals surface area contributed by atoms with Crippen molar-refractivity contribution >= 4 is 28.6 Å². The smallest absolute Gasteiger partial charge is 0.339 e. The molecule has 0 aliphatic rings. The van der Waals surface area contributed by atoms with Crippen molar-refractivity contribution < 1.29 is 19.0 Å². The quantitative estimate of drug-likeness (QED) is 0.837. The first-order valence-electron chi connectivity index (χ1n) is 5.31. The standard InChI is InChI=1S/C13H9FINO3/c14-9-3-8(5-16-6-9)7-19-12-2-1-10(15)4-11(12)13(17)18/h1-6H,7H2,(H,17,18). The maximum atomic E-state index is 12.9. The molecule has 0 bridgehead atoms. The molecule has 4 nitrogen and oxygen atoms in total. The van der Waals surface area contributed by atoms with E-state index in [1.54, 1.807) is 12.1 Å². The van der Waals surface area contributed by atoms with Crippen molar-refractivity contribution in [2.45, 2.75) is 6.61 Å². The number of hydrogen-bond donors (Lipinski definition) is 1. The molecule has 1 N–H and O–H groups in total. The molecule has 6 heteroatoms. The van der Waals surface area contributed by atoms with Crippen molar-refractivity contribution in [3.8, 4) is 5.75 Å². The molecule has 0 saturated carbocycles. The second-order valence-electron chi connectivity index (χ2n) is 3.75. The van der Waals surface area contributed by atoms with Gasteiger partial charge in [0.05, 0.1) is 6.20 Å². The zero-order valence-corrected chi connectivity index (χ0v) is 11.8. The van der Waals surface area contributed by atoms with Gasteiger partial charge < -0.3 is 9.84 Å². The van der Waals surface area contributed by atoms with Crippen LogP contribution in [-0.4, -0.2) is 16.1 Å². The highest BCUT2D eigenvalue weighted by Gasteiger charge is 2.12. The third-order valence-corrected chi connectivity index (χ3v) is 3.00. The van der Waals surface area contributed by atoms with E-state index in [1.165, 1.54) is 18.3 Å². The number of halogens is 2. The van der Waals surface area contributed by atoms with E-state index in [9.17, 15) is 9.18 Å². The molecule has 1 heterocycles. The molecule has 0 radical (unpaired) electrons. The SMILES string of the molecule is O=C(O)c1cc(I)ccc1OCc1cncc(F)c1.